The Labute approximate surface area is 179 Å². The van der Waals surface area contributed by atoms with Crippen molar-refractivity contribution in [3.8, 4) is 0 Å². The van der Waals surface area contributed by atoms with Crippen molar-refractivity contribution in [2.75, 3.05) is 31.2 Å². The van der Waals surface area contributed by atoms with E-state index in [1.54, 1.807) is 0 Å². The van der Waals surface area contributed by atoms with Crippen LogP contribution in [0.2, 0.25) is 0 Å². The summed E-state index contributed by atoms with van der Waals surface area (Å²) < 4.78 is 5.33. The molecule has 2 amide bonds. The SMILES string of the molecule is Cc1ccc(CN(C(=O)CC(C)C)c2cccc(CC(=O)N3CCOCC3)c2)cc1. The van der Waals surface area contributed by atoms with Gasteiger partial charge >= 0.3 is 0 Å². The van der Waals surface area contributed by atoms with E-state index in [1.165, 1.54) is 5.56 Å². The van der Waals surface area contributed by atoms with Gasteiger partial charge in [0, 0.05) is 25.2 Å². The minimum absolute atomic E-state index is 0.0993. The molecule has 1 fully saturated rings. The molecule has 0 spiro atoms. The van der Waals surface area contributed by atoms with Gasteiger partial charge in [-0.25, -0.2) is 0 Å². The number of ether oxygens (including phenoxy) is 1. The van der Waals surface area contributed by atoms with Gasteiger partial charge < -0.3 is 14.5 Å². The van der Waals surface area contributed by atoms with Gasteiger partial charge in [-0.05, 0) is 36.1 Å². The predicted octanol–water partition coefficient (Wildman–Crippen LogP) is 3.98. The zero-order valence-corrected chi connectivity index (χ0v) is 18.3. The zero-order chi connectivity index (χ0) is 21.5. The second-order valence-corrected chi connectivity index (χ2v) is 8.40. The number of rotatable bonds is 7. The van der Waals surface area contributed by atoms with Crippen molar-refractivity contribution in [1.29, 1.82) is 0 Å². The summed E-state index contributed by atoms with van der Waals surface area (Å²) >= 11 is 0. The van der Waals surface area contributed by atoms with Crippen LogP contribution in [0, 0.1) is 12.8 Å². The van der Waals surface area contributed by atoms with Gasteiger partial charge in [0.2, 0.25) is 11.8 Å². The number of nitrogens with zero attached hydrogens (tertiary/aromatic N) is 2. The maximum absolute atomic E-state index is 13.0. The van der Waals surface area contributed by atoms with Crippen molar-refractivity contribution in [3.63, 3.8) is 0 Å². The lowest BCUT2D eigenvalue weighted by molar-refractivity contribution is -0.134. The lowest BCUT2D eigenvalue weighted by Crippen LogP contribution is -2.41. The molecular weight excluding hydrogens is 376 g/mol. The minimum atomic E-state index is 0.0993. The first-order valence-electron chi connectivity index (χ1n) is 10.7. The number of carbonyl (C=O) groups excluding carboxylic acids is 2. The van der Waals surface area contributed by atoms with Crippen LogP contribution in [-0.2, 0) is 27.3 Å². The molecule has 2 aromatic rings. The molecular formula is C25H32N2O3. The number of aryl methyl sites for hydroxylation is 1. The topological polar surface area (TPSA) is 49.9 Å². The molecule has 5 heteroatoms. The summed E-state index contributed by atoms with van der Waals surface area (Å²) in [6.07, 6.45) is 0.827. The van der Waals surface area contributed by atoms with Crippen molar-refractivity contribution < 1.29 is 14.3 Å². The Morgan fingerprint density at radius 3 is 2.40 bits per heavy atom. The van der Waals surface area contributed by atoms with Gasteiger partial charge in [-0.15, -0.1) is 0 Å². The summed E-state index contributed by atoms with van der Waals surface area (Å²) in [7, 11) is 0. The van der Waals surface area contributed by atoms with Gasteiger partial charge in [-0.3, -0.25) is 9.59 Å². The van der Waals surface area contributed by atoms with E-state index in [-0.39, 0.29) is 17.7 Å². The molecule has 2 aromatic carbocycles. The second-order valence-electron chi connectivity index (χ2n) is 8.40. The van der Waals surface area contributed by atoms with Crippen LogP contribution in [0.3, 0.4) is 0 Å². The smallest absolute Gasteiger partial charge is 0.227 e. The van der Waals surface area contributed by atoms with Crippen molar-refractivity contribution >= 4 is 17.5 Å². The first-order valence-corrected chi connectivity index (χ1v) is 10.7. The fourth-order valence-corrected chi connectivity index (χ4v) is 3.59. The molecule has 30 heavy (non-hydrogen) atoms. The maximum atomic E-state index is 13.0. The second kappa shape index (κ2) is 10.4. The Hall–Kier alpha value is -2.66. The third-order valence-corrected chi connectivity index (χ3v) is 5.29. The minimum Gasteiger partial charge on any atom is -0.378 e. The monoisotopic (exact) mass is 408 g/mol. The van der Waals surface area contributed by atoms with E-state index in [1.807, 2.05) is 34.1 Å². The fourth-order valence-electron chi connectivity index (χ4n) is 3.59. The average Bonchev–Trinajstić information content (AvgIpc) is 2.73. The molecule has 0 aromatic heterocycles. The van der Waals surface area contributed by atoms with Gasteiger partial charge in [0.1, 0.15) is 0 Å². The van der Waals surface area contributed by atoms with Crippen molar-refractivity contribution in [2.45, 2.75) is 40.2 Å². The third-order valence-electron chi connectivity index (χ3n) is 5.29. The van der Waals surface area contributed by atoms with Gasteiger partial charge in [0.25, 0.3) is 0 Å². The average molecular weight is 409 g/mol. The molecule has 5 nitrogen and oxygen atoms in total. The molecule has 0 radical (unpaired) electrons. The third kappa shape index (κ3) is 6.17. The van der Waals surface area contributed by atoms with Crippen LogP contribution in [0.1, 0.15) is 37.0 Å². The highest BCUT2D eigenvalue weighted by atomic mass is 16.5. The number of benzene rings is 2. The molecule has 1 aliphatic rings. The highest BCUT2D eigenvalue weighted by molar-refractivity contribution is 5.93. The molecule has 0 bridgehead atoms. The largest absolute Gasteiger partial charge is 0.378 e. The predicted molar refractivity (Wildman–Crippen MR) is 119 cm³/mol. The van der Waals surface area contributed by atoms with E-state index in [0.717, 1.165) is 16.8 Å². The number of carbonyl (C=O) groups is 2. The van der Waals surface area contributed by atoms with Gasteiger partial charge in [-0.2, -0.15) is 0 Å². The zero-order valence-electron chi connectivity index (χ0n) is 18.3. The maximum Gasteiger partial charge on any atom is 0.227 e. The first-order chi connectivity index (χ1) is 14.4. The fraction of sp³-hybridized carbons (Fsp3) is 0.440. The summed E-state index contributed by atoms with van der Waals surface area (Å²) in [5, 5.41) is 0. The highest BCUT2D eigenvalue weighted by Crippen LogP contribution is 2.22. The van der Waals surface area contributed by atoms with Crippen LogP contribution in [-0.4, -0.2) is 43.0 Å². The number of amides is 2. The van der Waals surface area contributed by atoms with E-state index in [9.17, 15) is 9.59 Å². The van der Waals surface area contributed by atoms with Gasteiger partial charge in [0.05, 0.1) is 26.2 Å². The molecule has 160 valence electrons. The molecule has 1 saturated heterocycles. The normalized spacial score (nSPS) is 14.1. The van der Waals surface area contributed by atoms with Crippen LogP contribution >= 0.6 is 0 Å². The Bertz CT molecular complexity index is 855. The molecule has 0 aliphatic carbocycles. The number of hydrogen-bond acceptors (Lipinski definition) is 3. The molecule has 0 saturated carbocycles. The molecule has 0 atom stereocenters. The van der Waals surface area contributed by atoms with E-state index in [0.29, 0.717) is 45.7 Å². The molecule has 3 rings (SSSR count). The standard InChI is InChI=1S/C25H32N2O3/c1-19(2)15-25(29)27(18-21-9-7-20(3)8-10-21)23-6-4-5-22(16-23)17-24(28)26-11-13-30-14-12-26/h4-10,16,19H,11-15,17-18H2,1-3H3. The summed E-state index contributed by atoms with van der Waals surface area (Å²) in [6.45, 7) is 9.17. The lowest BCUT2D eigenvalue weighted by atomic mass is 10.1. The number of hydrogen-bond donors (Lipinski definition) is 0. The molecule has 1 aliphatic heterocycles. The summed E-state index contributed by atoms with van der Waals surface area (Å²) in [4.78, 5) is 29.4. The van der Waals surface area contributed by atoms with E-state index < -0.39 is 0 Å². The highest BCUT2D eigenvalue weighted by Gasteiger charge is 2.20. The van der Waals surface area contributed by atoms with Crippen LogP contribution in [0.4, 0.5) is 5.69 Å². The van der Waals surface area contributed by atoms with Crippen molar-refractivity contribution in [1.82, 2.24) is 4.90 Å². The van der Waals surface area contributed by atoms with Crippen LogP contribution in [0.15, 0.2) is 48.5 Å². The Morgan fingerprint density at radius 1 is 1.03 bits per heavy atom. The lowest BCUT2D eigenvalue weighted by Gasteiger charge is -2.27. The summed E-state index contributed by atoms with van der Waals surface area (Å²) in [5.41, 5.74) is 4.05. The van der Waals surface area contributed by atoms with E-state index in [4.69, 9.17) is 4.74 Å². The number of morpholine rings is 1. The number of anilines is 1. The Balaban J connectivity index is 1.79. The summed E-state index contributed by atoms with van der Waals surface area (Å²) in [6, 6.07) is 16.1. The van der Waals surface area contributed by atoms with Gasteiger partial charge in [-0.1, -0.05) is 55.8 Å². The first kappa shape index (κ1) is 22.0. The van der Waals surface area contributed by atoms with Crippen molar-refractivity contribution in [3.05, 3.63) is 65.2 Å². The Kier molecular flexibility index (Phi) is 7.63. The van der Waals surface area contributed by atoms with Crippen LogP contribution in [0.5, 0.6) is 0 Å². The quantitative estimate of drug-likeness (QED) is 0.696. The van der Waals surface area contributed by atoms with Crippen LogP contribution in [0.25, 0.3) is 0 Å². The Morgan fingerprint density at radius 2 is 1.73 bits per heavy atom. The molecule has 0 unspecified atom stereocenters. The molecule has 0 N–H and O–H groups in total. The molecule has 1 heterocycles. The van der Waals surface area contributed by atoms with E-state index >= 15 is 0 Å². The van der Waals surface area contributed by atoms with Crippen LogP contribution < -0.4 is 4.90 Å². The summed E-state index contributed by atoms with van der Waals surface area (Å²) in [5.74, 6) is 0.486. The van der Waals surface area contributed by atoms with Crippen molar-refractivity contribution in [2.24, 2.45) is 5.92 Å². The van der Waals surface area contributed by atoms with E-state index in [2.05, 4.69) is 45.0 Å². The van der Waals surface area contributed by atoms with Gasteiger partial charge in [0.15, 0.2) is 0 Å².